The number of aliphatic carboxylic acids is 1. The maximum Gasteiger partial charge on any atom is 0.308 e. The standard InChI is InChI=1S/C13H15BrN2O3/c1-16-11(17)4-2-3-10(13(18)19)12(16)8-5-9(14)7-15-6-8/h5-7,10,12H,2-4H2,1H3,(H,18,19). The van der Waals surface area contributed by atoms with E-state index in [0.717, 1.165) is 10.0 Å². The lowest BCUT2D eigenvalue weighted by Gasteiger charge is -2.30. The first kappa shape index (κ1) is 14.0. The third-order valence-electron chi connectivity index (χ3n) is 3.48. The molecular weight excluding hydrogens is 312 g/mol. The van der Waals surface area contributed by atoms with Crippen molar-refractivity contribution in [3.05, 3.63) is 28.5 Å². The van der Waals surface area contributed by atoms with Gasteiger partial charge in [0.1, 0.15) is 0 Å². The number of nitrogens with zero attached hydrogens (tertiary/aromatic N) is 2. The van der Waals surface area contributed by atoms with E-state index in [-0.39, 0.29) is 5.91 Å². The predicted molar refractivity (Wildman–Crippen MR) is 72.4 cm³/mol. The number of halogens is 1. The SMILES string of the molecule is CN1C(=O)CCCC(C(=O)O)C1c1cncc(Br)c1. The molecule has 2 rings (SSSR count). The summed E-state index contributed by atoms with van der Waals surface area (Å²) in [5.41, 5.74) is 0.750. The zero-order valence-electron chi connectivity index (χ0n) is 10.5. The van der Waals surface area contributed by atoms with Crippen LogP contribution < -0.4 is 0 Å². The lowest BCUT2D eigenvalue weighted by atomic mass is 9.90. The van der Waals surface area contributed by atoms with E-state index in [1.807, 2.05) is 6.07 Å². The summed E-state index contributed by atoms with van der Waals surface area (Å²) >= 11 is 3.33. The fourth-order valence-electron chi connectivity index (χ4n) is 2.54. The Hall–Kier alpha value is -1.43. The Morgan fingerprint density at radius 1 is 1.53 bits per heavy atom. The lowest BCUT2D eigenvalue weighted by Crippen LogP contribution is -2.36. The monoisotopic (exact) mass is 326 g/mol. The molecule has 1 aromatic rings. The van der Waals surface area contributed by atoms with Crippen LogP contribution in [0.25, 0.3) is 0 Å². The van der Waals surface area contributed by atoms with E-state index in [1.54, 1.807) is 19.4 Å². The van der Waals surface area contributed by atoms with E-state index >= 15 is 0 Å². The van der Waals surface area contributed by atoms with Gasteiger partial charge < -0.3 is 10.0 Å². The second kappa shape index (κ2) is 5.69. The van der Waals surface area contributed by atoms with Gasteiger partial charge in [0.05, 0.1) is 12.0 Å². The minimum Gasteiger partial charge on any atom is -0.481 e. The fraction of sp³-hybridized carbons (Fsp3) is 0.462. The molecule has 0 radical (unpaired) electrons. The number of carbonyl (C=O) groups excluding carboxylic acids is 1. The third-order valence-corrected chi connectivity index (χ3v) is 3.92. The van der Waals surface area contributed by atoms with Crippen LogP contribution in [0.5, 0.6) is 0 Å². The maximum atomic E-state index is 12.0. The first-order chi connectivity index (χ1) is 9.00. The van der Waals surface area contributed by atoms with Crippen molar-refractivity contribution in [1.29, 1.82) is 0 Å². The molecule has 1 aromatic heterocycles. The van der Waals surface area contributed by atoms with Crippen molar-refractivity contribution in [1.82, 2.24) is 9.88 Å². The highest BCUT2D eigenvalue weighted by Crippen LogP contribution is 2.35. The summed E-state index contributed by atoms with van der Waals surface area (Å²) in [5, 5.41) is 9.40. The number of aromatic nitrogens is 1. The van der Waals surface area contributed by atoms with Crippen molar-refractivity contribution in [2.75, 3.05) is 7.05 Å². The number of amides is 1. The van der Waals surface area contributed by atoms with Crippen molar-refractivity contribution in [3.63, 3.8) is 0 Å². The summed E-state index contributed by atoms with van der Waals surface area (Å²) in [7, 11) is 1.66. The third kappa shape index (κ3) is 2.94. The minimum absolute atomic E-state index is 0.0197. The highest BCUT2D eigenvalue weighted by Gasteiger charge is 2.37. The molecule has 1 aliphatic rings. The average Bonchev–Trinajstić information content (AvgIpc) is 2.50. The summed E-state index contributed by atoms with van der Waals surface area (Å²) in [6.07, 6.45) is 4.77. The van der Waals surface area contributed by atoms with Crippen molar-refractivity contribution < 1.29 is 14.7 Å². The molecule has 2 heterocycles. The number of carbonyl (C=O) groups is 2. The van der Waals surface area contributed by atoms with Crippen molar-refractivity contribution >= 4 is 27.8 Å². The van der Waals surface area contributed by atoms with Crippen molar-refractivity contribution in [3.8, 4) is 0 Å². The molecule has 0 aliphatic carbocycles. The molecule has 1 aliphatic heterocycles. The quantitative estimate of drug-likeness (QED) is 0.904. The van der Waals surface area contributed by atoms with Gasteiger partial charge in [-0.1, -0.05) is 0 Å². The molecule has 0 aromatic carbocycles. The Morgan fingerprint density at radius 2 is 2.26 bits per heavy atom. The molecule has 0 spiro atoms. The number of hydrogen-bond acceptors (Lipinski definition) is 3. The Bertz CT molecular complexity index is 506. The van der Waals surface area contributed by atoms with Crippen LogP contribution in [0.15, 0.2) is 22.9 Å². The van der Waals surface area contributed by atoms with Crippen LogP contribution in [0.2, 0.25) is 0 Å². The molecule has 5 nitrogen and oxygen atoms in total. The first-order valence-corrected chi connectivity index (χ1v) is 6.89. The normalized spacial score (nSPS) is 24.1. The van der Waals surface area contributed by atoms with Crippen LogP contribution in [0, 0.1) is 5.92 Å². The second-order valence-electron chi connectivity index (χ2n) is 4.72. The van der Waals surface area contributed by atoms with E-state index < -0.39 is 17.9 Å². The maximum absolute atomic E-state index is 12.0. The molecule has 1 saturated heterocycles. The van der Waals surface area contributed by atoms with E-state index in [4.69, 9.17) is 0 Å². The van der Waals surface area contributed by atoms with Gasteiger partial charge in [0.2, 0.25) is 5.91 Å². The van der Waals surface area contributed by atoms with E-state index in [1.165, 1.54) is 4.90 Å². The summed E-state index contributed by atoms with van der Waals surface area (Å²) in [5.74, 6) is -1.48. The molecule has 0 bridgehead atoms. The van der Waals surface area contributed by atoms with Crippen LogP contribution in [0.4, 0.5) is 0 Å². The van der Waals surface area contributed by atoms with Crippen LogP contribution in [0.1, 0.15) is 30.9 Å². The number of rotatable bonds is 2. The molecular formula is C13H15BrN2O3. The highest BCUT2D eigenvalue weighted by atomic mass is 79.9. The van der Waals surface area contributed by atoms with Gasteiger partial charge in [-0.25, -0.2) is 0 Å². The smallest absolute Gasteiger partial charge is 0.308 e. The summed E-state index contributed by atoms with van der Waals surface area (Å²) < 4.78 is 0.777. The van der Waals surface area contributed by atoms with E-state index in [0.29, 0.717) is 19.3 Å². The first-order valence-electron chi connectivity index (χ1n) is 6.09. The van der Waals surface area contributed by atoms with E-state index in [9.17, 15) is 14.7 Å². The number of likely N-dealkylation sites (tertiary alicyclic amines) is 1. The molecule has 0 saturated carbocycles. The fourth-order valence-corrected chi connectivity index (χ4v) is 2.92. The van der Waals surface area contributed by atoms with Gasteiger partial charge in [0.15, 0.2) is 0 Å². The van der Waals surface area contributed by atoms with Gasteiger partial charge in [-0.3, -0.25) is 14.6 Å². The molecule has 1 fully saturated rings. The second-order valence-corrected chi connectivity index (χ2v) is 5.64. The van der Waals surface area contributed by atoms with Crippen molar-refractivity contribution in [2.45, 2.75) is 25.3 Å². The van der Waals surface area contributed by atoms with E-state index in [2.05, 4.69) is 20.9 Å². The zero-order chi connectivity index (χ0) is 14.0. The minimum atomic E-state index is -0.869. The summed E-state index contributed by atoms with van der Waals surface area (Å²) in [4.78, 5) is 29.0. The Labute approximate surface area is 119 Å². The van der Waals surface area contributed by atoms with Gasteiger partial charge in [0, 0.05) is 30.3 Å². The van der Waals surface area contributed by atoms with Gasteiger partial charge in [-0.2, -0.15) is 0 Å². The summed E-state index contributed by atoms with van der Waals surface area (Å²) in [6.45, 7) is 0. The Morgan fingerprint density at radius 3 is 2.89 bits per heavy atom. The molecule has 102 valence electrons. The molecule has 1 N–H and O–H groups in total. The van der Waals surface area contributed by atoms with Gasteiger partial charge in [-0.05, 0) is 40.4 Å². The molecule has 2 unspecified atom stereocenters. The summed E-state index contributed by atoms with van der Waals surface area (Å²) in [6, 6.07) is 1.36. The van der Waals surface area contributed by atoms with Gasteiger partial charge in [-0.15, -0.1) is 0 Å². The van der Waals surface area contributed by atoms with Gasteiger partial charge in [0.25, 0.3) is 0 Å². The van der Waals surface area contributed by atoms with Crippen LogP contribution in [-0.4, -0.2) is 33.9 Å². The number of carboxylic acid groups (broad SMARTS) is 1. The average molecular weight is 327 g/mol. The number of pyridine rings is 1. The zero-order valence-corrected chi connectivity index (χ0v) is 12.1. The van der Waals surface area contributed by atoms with Crippen LogP contribution in [-0.2, 0) is 9.59 Å². The molecule has 2 atom stereocenters. The van der Waals surface area contributed by atoms with Crippen LogP contribution in [0.3, 0.4) is 0 Å². The molecule has 1 amide bonds. The molecule has 19 heavy (non-hydrogen) atoms. The number of hydrogen-bond donors (Lipinski definition) is 1. The topological polar surface area (TPSA) is 70.5 Å². The van der Waals surface area contributed by atoms with Gasteiger partial charge >= 0.3 is 5.97 Å². The van der Waals surface area contributed by atoms with Crippen molar-refractivity contribution in [2.24, 2.45) is 5.92 Å². The van der Waals surface area contributed by atoms with Crippen LogP contribution >= 0.6 is 15.9 Å². The Kier molecular flexibility index (Phi) is 4.19. The Balaban J connectivity index is 2.44. The molecule has 6 heteroatoms. The predicted octanol–water partition coefficient (Wildman–Crippen LogP) is 2.23. The lowest BCUT2D eigenvalue weighted by molar-refractivity contribution is -0.145. The highest BCUT2D eigenvalue weighted by molar-refractivity contribution is 9.10. The number of carboxylic acids is 1. The largest absolute Gasteiger partial charge is 0.481 e.